The van der Waals surface area contributed by atoms with Gasteiger partial charge in [-0.15, -0.1) is 0 Å². The molecule has 26 heteroatoms. The predicted molar refractivity (Wildman–Crippen MR) is 165 cm³/mol. The zero-order valence-corrected chi connectivity index (χ0v) is 27.4. The lowest BCUT2D eigenvalue weighted by atomic mass is 10.1. The van der Waals surface area contributed by atoms with Crippen LogP contribution in [0.2, 0.25) is 0 Å². The number of imidazole rings is 2. The molecule has 3 aliphatic rings. The lowest BCUT2D eigenvalue weighted by Gasteiger charge is -2.28. The van der Waals surface area contributed by atoms with Crippen LogP contribution in [-0.2, 0) is 36.9 Å². The number of methoxy groups -OCH3 is 1. The maximum absolute atomic E-state index is 16.2. The van der Waals surface area contributed by atoms with Crippen molar-refractivity contribution in [2.24, 2.45) is 5.14 Å². The Morgan fingerprint density at radius 1 is 1.04 bits per heavy atom. The SMILES string of the molecule is COC1C2CO[P@](=O)(S)NC3C(CO[P@](=O)(SN)OC1C(n1cnc4c(=O)[nH]c(N)nc41)O2)OC(n1cnc2c(N)ncnc21)C3F. The molecule has 47 heavy (non-hydrogen) atoms. The number of halogens is 1. The first kappa shape index (κ1) is 32.8. The van der Waals surface area contributed by atoms with E-state index in [2.05, 4.69) is 47.2 Å². The molecule has 21 nitrogen and oxygen atoms in total. The summed E-state index contributed by atoms with van der Waals surface area (Å²) in [4.78, 5) is 35.2. The number of nitrogens with two attached hydrogens (primary N) is 3. The molecule has 3 saturated heterocycles. The number of H-pyrrole nitrogens is 1. The summed E-state index contributed by atoms with van der Waals surface area (Å²) in [5, 5.41) is 8.42. The van der Waals surface area contributed by atoms with Crippen molar-refractivity contribution in [1.29, 1.82) is 0 Å². The minimum absolute atomic E-state index is 0.0151. The van der Waals surface area contributed by atoms with Crippen LogP contribution >= 0.6 is 37.3 Å². The van der Waals surface area contributed by atoms with Crippen LogP contribution in [0.15, 0.2) is 23.8 Å². The first-order chi connectivity index (χ1) is 22.4. The monoisotopic (exact) mass is 736 g/mol. The fourth-order valence-corrected chi connectivity index (χ4v) is 9.23. The molecule has 0 spiro atoms. The minimum Gasteiger partial charge on any atom is -0.382 e. The molecular formula is C21H27FN12O9P2S2. The van der Waals surface area contributed by atoms with Crippen molar-refractivity contribution < 1.29 is 41.3 Å². The van der Waals surface area contributed by atoms with Gasteiger partial charge in [-0.05, 0) is 0 Å². The van der Waals surface area contributed by atoms with Gasteiger partial charge in [0, 0.05) is 18.7 Å². The molecule has 4 aromatic rings. The molecule has 254 valence electrons. The Kier molecular flexibility index (Phi) is 8.59. The van der Waals surface area contributed by atoms with Gasteiger partial charge in [-0.25, -0.2) is 34.0 Å². The summed E-state index contributed by atoms with van der Waals surface area (Å²) in [6.45, 7) is -9.47. The van der Waals surface area contributed by atoms with E-state index in [4.69, 9.17) is 44.4 Å². The van der Waals surface area contributed by atoms with Crippen molar-refractivity contribution in [3.63, 3.8) is 0 Å². The van der Waals surface area contributed by atoms with E-state index >= 15 is 4.39 Å². The van der Waals surface area contributed by atoms with Gasteiger partial charge in [0.1, 0.15) is 36.3 Å². The van der Waals surface area contributed by atoms with Crippen molar-refractivity contribution in [3.05, 3.63) is 29.3 Å². The molecule has 7 heterocycles. The maximum atomic E-state index is 16.2. The molecular weight excluding hydrogens is 709 g/mol. The van der Waals surface area contributed by atoms with Gasteiger partial charge < -0.3 is 30.2 Å². The molecule has 2 bridgehead atoms. The van der Waals surface area contributed by atoms with Crippen LogP contribution in [0, 0.1) is 0 Å². The lowest BCUT2D eigenvalue weighted by Crippen LogP contribution is -2.42. The van der Waals surface area contributed by atoms with Crippen molar-refractivity contribution in [3.8, 4) is 0 Å². The number of rotatable bonds is 4. The highest BCUT2D eigenvalue weighted by atomic mass is 32.7. The topological polar surface area (TPSA) is 287 Å². The molecule has 0 radical (unpaired) electrons. The molecule has 8 N–H and O–H groups in total. The van der Waals surface area contributed by atoms with E-state index in [9.17, 15) is 13.9 Å². The highest BCUT2D eigenvalue weighted by Gasteiger charge is 2.54. The van der Waals surface area contributed by atoms with Gasteiger partial charge in [-0.3, -0.25) is 37.7 Å². The number of alkyl halides is 1. The average Bonchev–Trinajstić information content (AvgIpc) is 3.79. The zero-order chi connectivity index (χ0) is 33.2. The van der Waals surface area contributed by atoms with Crippen LogP contribution in [0.3, 0.4) is 0 Å². The van der Waals surface area contributed by atoms with E-state index in [1.807, 2.05) is 0 Å². The van der Waals surface area contributed by atoms with E-state index in [-0.39, 0.29) is 45.7 Å². The summed E-state index contributed by atoms with van der Waals surface area (Å²) in [6.07, 6.45) is -5.45. The number of thiol groups is 1. The number of fused-ring (bicyclic) bond motifs is 5. The third-order valence-corrected chi connectivity index (χ3v) is 12.2. The summed E-state index contributed by atoms with van der Waals surface area (Å²) >= 11 is 4.45. The van der Waals surface area contributed by atoms with Crippen molar-refractivity contribution in [1.82, 2.24) is 44.1 Å². The maximum Gasteiger partial charge on any atom is 0.404 e. The Morgan fingerprint density at radius 3 is 2.49 bits per heavy atom. The molecule has 10 atom stereocenters. The van der Waals surface area contributed by atoms with Gasteiger partial charge in [-0.2, -0.15) is 4.98 Å². The van der Waals surface area contributed by atoms with E-state index in [1.54, 1.807) is 0 Å². The van der Waals surface area contributed by atoms with Crippen LogP contribution < -0.4 is 27.3 Å². The molecule has 7 rings (SSSR count). The number of hydrogen-bond acceptors (Lipinski definition) is 18. The smallest absolute Gasteiger partial charge is 0.382 e. The quantitative estimate of drug-likeness (QED) is 0.0940. The summed E-state index contributed by atoms with van der Waals surface area (Å²) in [5.41, 5.74) is 11.4. The Labute approximate surface area is 271 Å². The van der Waals surface area contributed by atoms with Gasteiger partial charge >= 0.3 is 13.5 Å². The molecule has 0 aromatic carbocycles. The van der Waals surface area contributed by atoms with Crippen LogP contribution in [0.5, 0.6) is 0 Å². The lowest BCUT2D eigenvalue weighted by molar-refractivity contribution is -0.0501. The molecule has 3 aliphatic heterocycles. The fourth-order valence-electron chi connectivity index (χ4n) is 5.69. The Morgan fingerprint density at radius 2 is 1.74 bits per heavy atom. The highest BCUT2D eigenvalue weighted by molar-refractivity contribution is 8.54. The number of aromatic nitrogens is 8. The third-order valence-electron chi connectivity index (χ3n) is 7.78. The number of anilines is 2. The first-order valence-electron chi connectivity index (χ1n) is 13.6. The normalized spacial score (nSPS) is 36.6. The molecule has 4 aromatic heterocycles. The van der Waals surface area contributed by atoms with Gasteiger partial charge in [0.2, 0.25) is 5.95 Å². The second-order valence-electron chi connectivity index (χ2n) is 10.5. The van der Waals surface area contributed by atoms with Crippen LogP contribution in [0.25, 0.3) is 22.3 Å². The number of hydrogen-bond donors (Lipinski definition) is 6. The van der Waals surface area contributed by atoms with Gasteiger partial charge in [0.15, 0.2) is 41.3 Å². The van der Waals surface area contributed by atoms with Gasteiger partial charge in [-0.1, -0.05) is 12.2 Å². The number of nitrogen functional groups attached to an aromatic ring is 2. The van der Waals surface area contributed by atoms with E-state index < -0.39 is 81.4 Å². The minimum atomic E-state index is -4.33. The zero-order valence-electron chi connectivity index (χ0n) is 23.9. The van der Waals surface area contributed by atoms with Gasteiger partial charge in [0.25, 0.3) is 5.56 Å². The molecule has 0 saturated carbocycles. The third kappa shape index (κ3) is 5.85. The largest absolute Gasteiger partial charge is 0.404 e. The van der Waals surface area contributed by atoms with E-state index in [0.717, 1.165) is 0 Å². The Bertz CT molecular complexity index is 1990. The van der Waals surface area contributed by atoms with Crippen molar-refractivity contribution >= 4 is 71.4 Å². The summed E-state index contributed by atoms with van der Waals surface area (Å²) in [6, 6.07) is -1.38. The molecule has 8 unspecified atom stereocenters. The summed E-state index contributed by atoms with van der Waals surface area (Å²) in [5.74, 6) is -0.134. The first-order valence-corrected chi connectivity index (χ1v) is 19.4. The van der Waals surface area contributed by atoms with Crippen LogP contribution in [0.4, 0.5) is 16.2 Å². The average molecular weight is 737 g/mol. The standard InChI is InChI=1S/C21H27FN12O9P2S2/c1-38-13-8-3-39-44(36,46)32-10-7(41-19(9(10)22)33-5-28-11-15(23)26-4-27-16(11)33)2-40-45(37,47-25)43-14(13)20(42-8)34-6-29-12-17(34)30-21(24)31-18(12)35/h4-10,13-14,19-20H,2-3,25H2,1H3,(H2,23,26,27)(H2,32,36,46)(H3,24,30,31,35)/t7?,8?,9?,10?,13?,14?,19?,20?,44-,45-/m0/s1. The second-order valence-corrected chi connectivity index (χ2v) is 17.2. The predicted octanol–water partition coefficient (Wildman–Crippen LogP) is 0.415. The van der Waals surface area contributed by atoms with E-state index in [1.165, 1.54) is 35.2 Å². The molecule has 0 amide bonds. The van der Waals surface area contributed by atoms with Gasteiger partial charge in [0.05, 0.1) is 31.9 Å². The molecule has 0 aliphatic carbocycles. The number of nitrogens with zero attached hydrogens (tertiary/aromatic N) is 7. The Hall–Kier alpha value is -2.73. The second kappa shape index (κ2) is 12.3. The molecule has 3 fully saturated rings. The number of nitrogens with one attached hydrogen (secondary N) is 2. The van der Waals surface area contributed by atoms with Crippen LogP contribution in [-0.4, -0.2) is 96.0 Å². The van der Waals surface area contributed by atoms with Crippen molar-refractivity contribution in [2.75, 3.05) is 31.8 Å². The number of aromatic amines is 1. The van der Waals surface area contributed by atoms with Crippen molar-refractivity contribution in [2.45, 2.75) is 49.1 Å². The highest BCUT2D eigenvalue weighted by Crippen LogP contribution is 2.61. The fraction of sp³-hybridized carbons (Fsp3) is 0.524. The summed E-state index contributed by atoms with van der Waals surface area (Å²) < 4.78 is 81.7. The van der Waals surface area contributed by atoms with Crippen LogP contribution in [0.1, 0.15) is 12.5 Å². The number of ether oxygens (including phenoxy) is 3. The Balaban J connectivity index is 1.24. The summed E-state index contributed by atoms with van der Waals surface area (Å²) in [7, 11) is 1.33. The van der Waals surface area contributed by atoms with E-state index in [0.29, 0.717) is 0 Å².